The highest BCUT2D eigenvalue weighted by Gasteiger charge is 2.89. The van der Waals surface area contributed by atoms with E-state index in [9.17, 15) is 43.9 Å². The monoisotopic (exact) mass is 314 g/mol. The van der Waals surface area contributed by atoms with Crippen molar-refractivity contribution in [1.82, 2.24) is 0 Å². The van der Waals surface area contributed by atoms with E-state index in [0.29, 0.717) is 0 Å². The summed E-state index contributed by atoms with van der Waals surface area (Å²) in [7, 11) is 0. The van der Waals surface area contributed by atoms with Gasteiger partial charge in [-0.25, -0.2) is 13.2 Å². The fourth-order valence-corrected chi connectivity index (χ4v) is 2.46. The Morgan fingerprint density at radius 3 is 1.80 bits per heavy atom. The van der Waals surface area contributed by atoms with Gasteiger partial charge in [-0.05, 0) is 12.2 Å². The van der Waals surface area contributed by atoms with Crippen molar-refractivity contribution in [3.8, 4) is 0 Å². The lowest BCUT2D eigenvalue weighted by Gasteiger charge is -2.55. The second kappa shape index (κ2) is 3.51. The number of alkyl halides is 9. The molecule has 0 saturated heterocycles. The molecule has 0 radical (unpaired) electrons. The molecule has 3 aliphatic carbocycles. The second-order valence-corrected chi connectivity index (χ2v) is 4.50. The Hall–Kier alpha value is -1.22. The van der Waals surface area contributed by atoms with Gasteiger partial charge in [-0.15, -0.1) is 0 Å². The van der Waals surface area contributed by atoms with Crippen molar-refractivity contribution in [1.29, 1.82) is 0 Å². The summed E-state index contributed by atoms with van der Waals surface area (Å²) in [5, 5.41) is 0. The zero-order valence-electron chi connectivity index (χ0n) is 9.09. The van der Waals surface area contributed by atoms with Crippen LogP contribution >= 0.6 is 0 Å². The van der Waals surface area contributed by atoms with Crippen LogP contribution in [0.5, 0.6) is 0 Å². The molecule has 1 fully saturated rings. The lowest BCUT2D eigenvalue weighted by molar-refractivity contribution is -0.350. The van der Waals surface area contributed by atoms with Gasteiger partial charge in [-0.3, -0.25) is 0 Å². The molecule has 10 heteroatoms. The van der Waals surface area contributed by atoms with E-state index in [-0.39, 0.29) is 0 Å². The third kappa shape index (κ3) is 1.30. The molecule has 114 valence electrons. The van der Waals surface area contributed by atoms with E-state index in [2.05, 4.69) is 0 Å². The van der Waals surface area contributed by atoms with Crippen LogP contribution in [-0.2, 0) is 0 Å². The van der Waals surface area contributed by atoms with Crippen LogP contribution in [0.1, 0.15) is 0 Å². The Morgan fingerprint density at radius 1 is 0.900 bits per heavy atom. The first kappa shape index (κ1) is 15.2. The summed E-state index contributed by atoms with van der Waals surface area (Å²) in [5.74, 6) is -15.9. The Bertz CT molecular complexity index is 501. The van der Waals surface area contributed by atoms with Crippen molar-refractivity contribution in [2.75, 3.05) is 0 Å². The van der Waals surface area contributed by atoms with Crippen LogP contribution in [0, 0.1) is 5.92 Å². The van der Waals surface area contributed by atoms with Gasteiger partial charge in [0.2, 0.25) is 11.3 Å². The minimum absolute atomic E-state index is 0.502. The van der Waals surface area contributed by atoms with Crippen LogP contribution in [0.15, 0.2) is 24.1 Å². The minimum atomic E-state index is -5.99. The maximum absolute atomic E-state index is 14.0. The van der Waals surface area contributed by atoms with Gasteiger partial charge in [0.05, 0.1) is 6.33 Å². The Morgan fingerprint density at radius 2 is 1.40 bits per heavy atom. The maximum atomic E-state index is 14.0. The number of hydrogen-bond acceptors (Lipinski definition) is 0. The van der Waals surface area contributed by atoms with Gasteiger partial charge in [0.1, 0.15) is 5.92 Å². The van der Waals surface area contributed by atoms with Gasteiger partial charge in [0.25, 0.3) is 0 Å². The first-order chi connectivity index (χ1) is 8.77. The molecule has 0 aliphatic heterocycles. The summed E-state index contributed by atoms with van der Waals surface area (Å²) in [4.78, 5) is 0. The van der Waals surface area contributed by atoms with Gasteiger partial charge in [0.15, 0.2) is 0 Å². The third-order valence-corrected chi connectivity index (χ3v) is 3.48. The van der Waals surface area contributed by atoms with Crippen molar-refractivity contribution in [2.45, 2.75) is 29.4 Å². The van der Waals surface area contributed by atoms with Crippen LogP contribution < -0.4 is 0 Å². The van der Waals surface area contributed by atoms with E-state index in [1.54, 1.807) is 0 Å². The first-order valence-electron chi connectivity index (χ1n) is 4.98. The third-order valence-electron chi connectivity index (χ3n) is 3.48. The molecule has 0 amide bonds. The lowest BCUT2D eigenvalue weighted by atomic mass is 9.58. The zero-order chi connectivity index (χ0) is 15.8. The summed E-state index contributed by atoms with van der Waals surface area (Å²) in [6.45, 7) is 0. The molecule has 0 unspecified atom stereocenters. The average molecular weight is 314 g/mol. The Balaban J connectivity index is 2.84. The van der Waals surface area contributed by atoms with Crippen LogP contribution in [0.4, 0.5) is 43.9 Å². The lowest BCUT2D eigenvalue weighted by Crippen LogP contribution is -2.76. The summed E-state index contributed by atoms with van der Waals surface area (Å²) in [6.07, 6.45) is -8.23. The molecule has 0 spiro atoms. The smallest absolute Gasteiger partial charge is 0.231 e. The van der Waals surface area contributed by atoms with Gasteiger partial charge < -0.3 is 0 Å². The Kier molecular flexibility index (Phi) is 2.66. The van der Waals surface area contributed by atoms with E-state index in [0.717, 1.165) is 0 Å². The Labute approximate surface area is 104 Å². The zero-order valence-corrected chi connectivity index (χ0v) is 9.09. The normalized spacial score (nSPS) is 44.1. The van der Waals surface area contributed by atoms with Gasteiger partial charge in [-0.1, -0.05) is 0 Å². The number of allylic oxidation sites excluding steroid dienone is 3. The van der Waals surface area contributed by atoms with E-state index in [4.69, 9.17) is 0 Å². The van der Waals surface area contributed by atoms with Gasteiger partial charge in [0, 0.05) is 5.57 Å². The molecule has 20 heavy (non-hydrogen) atoms. The molecule has 0 aromatic carbocycles. The predicted molar refractivity (Wildman–Crippen MR) is 45.4 cm³/mol. The number of rotatable bonds is 0. The van der Waals surface area contributed by atoms with Crippen LogP contribution in [0.2, 0.25) is 0 Å². The number of hydrogen-bond donors (Lipinski definition) is 0. The molecule has 2 bridgehead atoms. The van der Waals surface area contributed by atoms with Gasteiger partial charge >= 0.3 is 18.0 Å². The maximum Gasteiger partial charge on any atom is 0.399 e. The van der Waals surface area contributed by atoms with Crippen LogP contribution in [-0.4, -0.2) is 29.4 Å². The van der Waals surface area contributed by atoms with Crippen molar-refractivity contribution in [3.63, 3.8) is 0 Å². The number of fused-ring (bicyclic) bond motifs is 2. The summed E-state index contributed by atoms with van der Waals surface area (Å²) in [5.41, 5.74) is -12.1. The van der Waals surface area contributed by atoms with Crippen molar-refractivity contribution in [2.24, 2.45) is 5.92 Å². The molecule has 0 aromatic heterocycles. The molecule has 3 rings (SSSR count). The average Bonchev–Trinajstić information content (AvgIpc) is 2.27. The van der Waals surface area contributed by atoms with E-state index < -0.39 is 59.3 Å². The molecule has 0 heterocycles. The molecule has 0 nitrogen and oxygen atoms in total. The highest BCUT2D eigenvalue weighted by Crippen LogP contribution is 2.69. The topological polar surface area (TPSA) is 0 Å². The molecule has 1 saturated carbocycles. The molecule has 3 aliphatic rings. The fraction of sp³-hybridized carbons (Fsp3) is 0.600. The summed E-state index contributed by atoms with van der Waals surface area (Å²) >= 11 is 0. The molecular formula is C10H4F10. The standard InChI is InChI=1S/C10H4F10/c11-3-4-5(8(14,15)16)7(13)2-1-6(4,12)9(17,18)10(7,19)20/h1-3,5H/b4-3+/t5-,6+,7-/m1/s1. The van der Waals surface area contributed by atoms with E-state index >= 15 is 0 Å². The summed E-state index contributed by atoms with van der Waals surface area (Å²) in [6, 6.07) is 0. The van der Waals surface area contributed by atoms with Crippen molar-refractivity contribution in [3.05, 3.63) is 24.1 Å². The van der Waals surface area contributed by atoms with Crippen LogP contribution in [0.3, 0.4) is 0 Å². The highest BCUT2D eigenvalue weighted by atomic mass is 19.4. The summed E-state index contributed by atoms with van der Waals surface area (Å²) < 4.78 is 132. The molecule has 3 atom stereocenters. The van der Waals surface area contributed by atoms with Crippen molar-refractivity contribution >= 4 is 0 Å². The SMILES string of the molecule is F/C=C1\[C@@H](C(F)(F)F)[C@]2(F)C=C[C@@]1(F)C(F)(F)C2(F)F. The fourth-order valence-electron chi connectivity index (χ4n) is 2.46. The van der Waals surface area contributed by atoms with Gasteiger partial charge in [-0.2, -0.15) is 30.7 Å². The highest BCUT2D eigenvalue weighted by molar-refractivity contribution is 5.49. The predicted octanol–water partition coefficient (Wildman–Crippen LogP) is 4.29. The quantitative estimate of drug-likeness (QED) is 0.462. The minimum Gasteiger partial charge on any atom is -0.231 e. The molecular weight excluding hydrogens is 310 g/mol. The second-order valence-electron chi connectivity index (χ2n) is 4.50. The van der Waals surface area contributed by atoms with Crippen molar-refractivity contribution < 1.29 is 43.9 Å². The van der Waals surface area contributed by atoms with E-state index in [1.807, 2.05) is 0 Å². The number of halogens is 10. The largest absolute Gasteiger partial charge is 0.399 e. The molecule has 0 N–H and O–H groups in total. The first-order valence-corrected chi connectivity index (χ1v) is 4.98. The molecule has 0 aromatic rings. The van der Waals surface area contributed by atoms with E-state index in [1.165, 1.54) is 0 Å². The van der Waals surface area contributed by atoms with Crippen LogP contribution in [0.25, 0.3) is 0 Å².